The van der Waals surface area contributed by atoms with E-state index < -0.39 is 23.5 Å². The molecule has 1 atom stereocenters. The van der Waals surface area contributed by atoms with E-state index in [1.807, 2.05) is 19.0 Å². The number of carbonyl (C=O) groups excluding carboxylic acids is 2. The Hall–Kier alpha value is -3.03. The van der Waals surface area contributed by atoms with Crippen molar-refractivity contribution in [3.8, 4) is 11.5 Å². The number of ketones is 1. The van der Waals surface area contributed by atoms with Crippen LogP contribution in [0.3, 0.4) is 0 Å². The Balaban J connectivity index is 2.17. The molecule has 8 heteroatoms. The lowest BCUT2D eigenvalue weighted by Crippen LogP contribution is -2.35. The van der Waals surface area contributed by atoms with E-state index in [0.29, 0.717) is 22.9 Å². The van der Waals surface area contributed by atoms with Gasteiger partial charge in [0.1, 0.15) is 17.3 Å². The number of Topliss-reactive ketones (excluding diaryl/α,β-unsaturated/α-hetero) is 1. The van der Waals surface area contributed by atoms with Crippen molar-refractivity contribution in [3.63, 3.8) is 0 Å². The molecular formula is C22H23ClN2O5. The highest BCUT2D eigenvalue weighted by atomic mass is 35.5. The molecule has 2 N–H and O–H groups in total. The van der Waals surface area contributed by atoms with Crippen LogP contribution in [0.5, 0.6) is 11.5 Å². The Bertz CT molecular complexity index is 1020. The zero-order valence-corrected chi connectivity index (χ0v) is 17.7. The third-order valence-electron chi connectivity index (χ3n) is 4.95. The Morgan fingerprint density at radius 1 is 1.20 bits per heavy atom. The van der Waals surface area contributed by atoms with Gasteiger partial charge >= 0.3 is 0 Å². The van der Waals surface area contributed by atoms with Gasteiger partial charge in [0.15, 0.2) is 0 Å². The normalized spacial score (nSPS) is 18.3. The average Bonchev–Trinajstić information content (AvgIpc) is 2.96. The number of likely N-dealkylation sites (N-methyl/N-ethyl adjacent to an activating group) is 1. The molecule has 1 fully saturated rings. The highest BCUT2D eigenvalue weighted by molar-refractivity contribution is 6.46. The van der Waals surface area contributed by atoms with Crippen molar-refractivity contribution in [3.05, 3.63) is 64.2 Å². The summed E-state index contributed by atoms with van der Waals surface area (Å²) in [5, 5.41) is 21.8. The number of ether oxygens (including phenoxy) is 1. The SMILES string of the molecule is COc1ccc(/C(O)=C2/C(=O)C(=O)N(CCN(C)C)C2c2cccc(Cl)c2)c(O)c1. The van der Waals surface area contributed by atoms with Crippen molar-refractivity contribution in [2.75, 3.05) is 34.3 Å². The first-order chi connectivity index (χ1) is 14.2. The fraction of sp³-hybridized carbons (Fsp3) is 0.273. The molecule has 1 heterocycles. The summed E-state index contributed by atoms with van der Waals surface area (Å²) in [6.07, 6.45) is 0. The molecule has 3 rings (SSSR count). The zero-order chi connectivity index (χ0) is 22.0. The molecule has 1 unspecified atom stereocenters. The standard InChI is InChI=1S/C22H23ClN2O5/c1-24(2)9-10-25-19(13-5-4-6-14(23)11-13)18(21(28)22(25)29)20(27)16-8-7-15(30-3)12-17(16)26/h4-8,11-12,19,26-27H,9-10H2,1-3H3/b20-18-. The summed E-state index contributed by atoms with van der Waals surface area (Å²) in [5.74, 6) is -1.85. The van der Waals surface area contributed by atoms with Crippen LogP contribution in [-0.2, 0) is 9.59 Å². The summed E-state index contributed by atoms with van der Waals surface area (Å²) in [6, 6.07) is 10.3. The van der Waals surface area contributed by atoms with E-state index in [1.54, 1.807) is 30.3 Å². The molecule has 0 spiro atoms. The molecule has 0 radical (unpaired) electrons. The number of nitrogens with zero attached hydrogens (tertiary/aromatic N) is 2. The lowest BCUT2D eigenvalue weighted by atomic mass is 9.95. The first-order valence-electron chi connectivity index (χ1n) is 9.30. The Morgan fingerprint density at radius 3 is 2.53 bits per heavy atom. The van der Waals surface area contributed by atoms with Crippen molar-refractivity contribution >= 4 is 29.1 Å². The number of halogens is 1. The number of likely N-dealkylation sites (tertiary alicyclic amines) is 1. The number of benzene rings is 2. The van der Waals surface area contributed by atoms with Crippen LogP contribution in [0.15, 0.2) is 48.0 Å². The molecule has 2 aromatic rings. The van der Waals surface area contributed by atoms with Crippen LogP contribution in [0, 0.1) is 0 Å². The zero-order valence-electron chi connectivity index (χ0n) is 16.9. The highest BCUT2D eigenvalue weighted by Crippen LogP contribution is 2.41. The van der Waals surface area contributed by atoms with Crippen LogP contribution >= 0.6 is 11.6 Å². The van der Waals surface area contributed by atoms with Gasteiger partial charge in [-0.25, -0.2) is 0 Å². The molecule has 0 bridgehead atoms. The van der Waals surface area contributed by atoms with Crippen LogP contribution in [0.25, 0.3) is 5.76 Å². The number of carbonyl (C=O) groups is 2. The molecular weight excluding hydrogens is 408 g/mol. The van der Waals surface area contributed by atoms with E-state index in [-0.39, 0.29) is 23.4 Å². The second-order valence-corrected chi connectivity index (χ2v) is 7.67. The number of rotatable bonds is 6. The van der Waals surface area contributed by atoms with Gasteiger partial charge in [-0.2, -0.15) is 0 Å². The van der Waals surface area contributed by atoms with Gasteiger partial charge in [-0.3, -0.25) is 9.59 Å². The summed E-state index contributed by atoms with van der Waals surface area (Å²) in [6.45, 7) is 0.804. The molecule has 2 aromatic carbocycles. The smallest absolute Gasteiger partial charge is 0.295 e. The van der Waals surface area contributed by atoms with Crippen molar-refractivity contribution in [2.45, 2.75) is 6.04 Å². The Labute approximate surface area is 179 Å². The quantitative estimate of drug-likeness (QED) is 0.416. The number of aliphatic hydroxyl groups is 1. The number of phenolic OH excluding ortho intramolecular Hbond substituents is 1. The van der Waals surface area contributed by atoms with Gasteiger partial charge in [0.25, 0.3) is 11.7 Å². The maximum absolute atomic E-state index is 12.9. The number of aliphatic hydroxyl groups excluding tert-OH is 1. The van der Waals surface area contributed by atoms with Crippen LogP contribution in [0.2, 0.25) is 5.02 Å². The summed E-state index contributed by atoms with van der Waals surface area (Å²) < 4.78 is 5.06. The van der Waals surface area contributed by atoms with Gasteiger partial charge in [0, 0.05) is 24.2 Å². The summed E-state index contributed by atoms with van der Waals surface area (Å²) in [4.78, 5) is 29.0. The Morgan fingerprint density at radius 2 is 1.93 bits per heavy atom. The van der Waals surface area contributed by atoms with Gasteiger partial charge in [-0.1, -0.05) is 23.7 Å². The number of phenols is 1. The fourth-order valence-electron chi connectivity index (χ4n) is 3.43. The van der Waals surface area contributed by atoms with E-state index in [4.69, 9.17) is 16.3 Å². The van der Waals surface area contributed by atoms with Crippen LogP contribution in [0.1, 0.15) is 17.2 Å². The van der Waals surface area contributed by atoms with Crippen molar-refractivity contribution in [1.29, 1.82) is 0 Å². The van der Waals surface area contributed by atoms with Gasteiger partial charge in [-0.05, 0) is 43.9 Å². The predicted octanol–water partition coefficient (Wildman–Crippen LogP) is 3.04. The van der Waals surface area contributed by atoms with Crippen molar-refractivity contribution in [2.24, 2.45) is 0 Å². The minimum absolute atomic E-state index is 0.0356. The van der Waals surface area contributed by atoms with Gasteiger partial charge in [-0.15, -0.1) is 0 Å². The molecule has 1 aliphatic heterocycles. The van der Waals surface area contributed by atoms with Crippen LogP contribution < -0.4 is 4.74 Å². The number of methoxy groups -OCH3 is 1. The van der Waals surface area contributed by atoms with Gasteiger partial charge < -0.3 is 24.7 Å². The summed E-state index contributed by atoms with van der Waals surface area (Å²) in [5.41, 5.74) is 0.532. The molecule has 0 aliphatic carbocycles. The minimum Gasteiger partial charge on any atom is -0.507 e. The average molecular weight is 431 g/mol. The lowest BCUT2D eigenvalue weighted by molar-refractivity contribution is -0.140. The van der Waals surface area contributed by atoms with E-state index in [0.717, 1.165) is 0 Å². The van der Waals surface area contributed by atoms with Gasteiger partial charge in [0.05, 0.1) is 24.3 Å². The third-order valence-corrected chi connectivity index (χ3v) is 5.19. The van der Waals surface area contributed by atoms with Crippen LogP contribution in [0.4, 0.5) is 0 Å². The van der Waals surface area contributed by atoms with E-state index in [2.05, 4.69) is 0 Å². The molecule has 30 heavy (non-hydrogen) atoms. The predicted molar refractivity (Wildman–Crippen MR) is 114 cm³/mol. The molecule has 158 valence electrons. The van der Waals surface area contributed by atoms with Gasteiger partial charge in [0.2, 0.25) is 0 Å². The van der Waals surface area contributed by atoms with E-state index in [9.17, 15) is 19.8 Å². The Kier molecular flexibility index (Phi) is 6.34. The second-order valence-electron chi connectivity index (χ2n) is 7.23. The molecule has 7 nitrogen and oxygen atoms in total. The van der Waals surface area contributed by atoms with Crippen molar-refractivity contribution < 1.29 is 24.5 Å². The molecule has 0 aromatic heterocycles. The molecule has 0 saturated carbocycles. The van der Waals surface area contributed by atoms with Crippen molar-refractivity contribution in [1.82, 2.24) is 9.80 Å². The topological polar surface area (TPSA) is 90.3 Å². The summed E-state index contributed by atoms with van der Waals surface area (Å²) >= 11 is 6.15. The maximum Gasteiger partial charge on any atom is 0.295 e. The molecule has 1 saturated heterocycles. The highest BCUT2D eigenvalue weighted by Gasteiger charge is 2.46. The van der Waals surface area contributed by atoms with Crippen LogP contribution in [-0.4, -0.2) is 66.0 Å². The first kappa shape index (κ1) is 21.7. The number of hydrogen-bond acceptors (Lipinski definition) is 6. The summed E-state index contributed by atoms with van der Waals surface area (Å²) in [7, 11) is 5.17. The minimum atomic E-state index is -0.829. The maximum atomic E-state index is 12.9. The number of aromatic hydroxyl groups is 1. The number of hydrogen-bond donors (Lipinski definition) is 2. The van der Waals surface area contributed by atoms with E-state index in [1.165, 1.54) is 24.1 Å². The first-order valence-corrected chi connectivity index (χ1v) is 9.68. The third kappa shape index (κ3) is 4.13. The molecule has 1 aliphatic rings. The lowest BCUT2D eigenvalue weighted by Gasteiger charge is -2.26. The fourth-order valence-corrected chi connectivity index (χ4v) is 3.62. The molecule has 1 amide bonds. The number of amides is 1. The van der Waals surface area contributed by atoms with E-state index >= 15 is 0 Å². The monoisotopic (exact) mass is 430 g/mol. The largest absolute Gasteiger partial charge is 0.507 e. The second kappa shape index (κ2) is 8.77.